The third-order valence-electron chi connectivity index (χ3n) is 3.19. The normalized spacial score (nSPS) is 20.8. The number of aromatic hydroxyl groups is 1. The summed E-state index contributed by atoms with van der Waals surface area (Å²) in [5.74, 6) is 0.384. The van der Waals surface area contributed by atoms with Crippen molar-refractivity contribution in [2.75, 3.05) is 13.1 Å². The molecule has 1 aliphatic rings. The number of benzene rings is 1. The van der Waals surface area contributed by atoms with Gasteiger partial charge >= 0.3 is 0 Å². The van der Waals surface area contributed by atoms with Gasteiger partial charge in [0.15, 0.2) is 0 Å². The van der Waals surface area contributed by atoms with Gasteiger partial charge < -0.3 is 15.7 Å². The van der Waals surface area contributed by atoms with Gasteiger partial charge in [0.1, 0.15) is 5.75 Å². The van der Waals surface area contributed by atoms with Crippen LogP contribution in [-0.2, 0) is 4.79 Å². The van der Waals surface area contributed by atoms with Crippen LogP contribution in [0.3, 0.4) is 0 Å². The van der Waals surface area contributed by atoms with Gasteiger partial charge in [-0.15, -0.1) is 0 Å². The van der Waals surface area contributed by atoms with Crippen molar-refractivity contribution in [3.8, 4) is 5.75 Å². The summed E-state index contributed by atoms with van der Waals surface area (Å²) < 4.78 is 0. The number of carbonyl (C=O) groups excluding carboxylic acids is 1. The highest BCUT2D eigenvalue weighted by molar-refractivity contribution is 5.77. The van der Waals surface area contributed by atoms with Crippen LogP contribution in [0.2, 0.25) is 0 Å². The molecule has 1 aromatic rings. The van der Waals surface area contributed by atoms with Crippen molar-refractivity contribution in [3.63, 3.8) is 0 Å². The van der Waals surface area contributed by atoms with Gasteiger partial charge in [0.2, 0.25) is 5.91 Å². The monoisotopic (exact) mass is 234 g/mol. The molecular formula is C13H18N2O2. The minimum absolute atomic E-state index is 0.0387. The number of hydrogen-bond acceptors (Lipinski definition) is 3. The third kappa shape index (κ3) is 2.58. The average Bonchev–Trinajstić information content (AvgIpc) is 2.48. The molecule has 3 N–H and O–H groups in total. The number of hydrogen-bond donors (Lipinski definition) is 3. The van der Waals surface area contributed by atoms with Gasteiger partial charge in [0.05, 0.1) is 0 Å². The summed E-state index contributed by atoms with van der Waals surface area (Å²) in [6.07, 6.45) is 0.449. The molecule has 92 valence electrons. The fourth-order valence-corrected chi connectivity index (χ4v) is 2.20. The standard InChI is InChI=1S/C13H18N2O2/c1-8-6-12(16)9(2)5-10(8)11-7-13(17)15-4-3-14-11/h5-6,11,14,16H,3-4,7H2,1-2H3,(H,15,17). The van der Waals surface area contributed by atoms with E-state index in [1.165, 1.54) is 0 Å². The Hall–Kier alpha value is -1.55. The molecule has 0 bridgehead atoms. The van der Waals surface area contributed by atoms with Crippen LogP contribution < -0.4 is 10.6 Å². The zero-order chi connectivity index (χ0) is 12.4. The molecule has 1 atom stereocenters. The van der Waals surface area contributed by atoms with Gasteiger partial charge in [0, 0.05) is 25.6 Å². The largest absolute Gasteiger partial charge is 0.508 e. The van der Waals surface area contributed by atoms with Crippen LogP contribution in [0, 0.1) is 13.8 Å². The lowest BCUT2D eigenvalue weighted by molar-refractivity contribution is -0.121. The molecule has 0 aromatic heterocycles. The van der Waals surface area contributed by atoms with Crippen molar-refractivity contribution in [2.24, 2.45) is 0 Å². The van der Waals surface area contributed by atoms with Crippen molar-refractivity contribution < 1.29 is 9.90 Å². The number of phenolic OH excluding ortho intramolecular Hbond substituents is 1. The fourth-order valence-electron chi connectivity index (χ4n) is 2.20. The van der Waals surface area contributed by atoms with Gasteiger partial charge in [-0.1, -0.05) is 6.07 Å². The molecule has 1 fully saturated rings. The number of rotatable bonds is 1. The first kappa shape index (κ1) is 11.9. The van der Waals surface area contributed by atoms with E-state index < -0.39 is 0 Å². The quantitative estimate of drug-likeness (QED) is 0.683. The molecule has 1 amide bonds. The van der Waals surface area contributed by atoms with Crippen LogP contribution in [0.25, 0.3) is 0 Å². The number of phenols is 1. The second-order valence-electron chi connectivity index (χ2n) is 4.56. The van der Waals surface area contributed by atoms with E-state index in [2.05, 4.69) is 10.6 Å². The van der Waals surface area contributed by atoms with E-state index in [-0.39, 0.29) is 11.9 Å². The molecule has 0 aliphatic carbocycles. The zero-order valence-electron chi connectivity index (χ0n) is 10.2. The minimum atomic E-state index is 0.0387. The SMILES string of the molecule is Cc1cc(C2CC(=O)NCCN2)c(C)cc1O. The number of nitrogens with one attached hydrogen (secondary N) is 2. The maximum atomic E-state index is 11.5. The van der Waals surface area contributed by atoms with E-state index in [0.717, 1.165) is 23.2 Å². The summed E-state index contributed by atoms with van der Waals surface area (Å²) in [6, 6.07) is 3.76. The van der Waals surface area contributed by atoms with Gasteiger partial charge in [-0.05, 0) is 36.6 Å². The second kappa shape index (κ2) is 4.75. The molecule has 1 aromatic carbocycles. The summed E-state index contributed by atoms with van der Waals surface area (Å²) in [5.41, 5.74) is 2.95. The Bertz CT molecular complexity index is 443. The lowest BCUT2D eigenvalue weighted by Crippen LogP contribution is -2.24. The molecule has 0 saturated carbocycles. The maximum Gasteiger partial charge on any atom is 0.221 e. The Morgan fingerprint density at radius 1 is 1.24 bits per heavy atom. The molecule has 17 heavy (non-hydrogen) atoms. The molecule has 4 nitrogen and oxygen atoms in total. The van der Waals surface area contributed by atoms with Gasteiger partial charge in [0.25, 0.3) is 0 Å². The first-order chi connectivity index (χ1) is 8.08. The Labute approximate surface area is 101 Å². The summed E-state index contributed by atoms with van der Waals surface area (Å²) in [5, 5.41) is 15.8. The van der Waals surface area contributed by atoms with Crippen LogP contribution in [0.4, 0.5) is 0 Å². The molecule has 0 spiro atoms. The van der Waals surface area contributed by atoms with Gasteiger partial charge in [-0.2, -0.15) is 0 Å². The first-order valence-electron chi connectivity index (χ1n) is 5.88. The summed E-state index contributed by atoms with van der Waals surface area (Å²) in [4.78, 5) is 11.5. The molecule has 2 rings (SSSR count). The van der Waals surface area contributed by atoms with Crippen LogP contribution in [-0.4, -0.2) is 24.1 Å². The van der Waals surface area contributed by atoms with Crippen LogP contribution >= 0.6 is 0 Å². The van der Waals surface area contributed by atoms with Gasteiger partial charge in [-0.25, -0.2) is 0 Å². The predicted molar refractivity (Wildman–Crippen MR) is 66.0 cm³/mol. The fraction of sp³-hybridized carbons (Fsp3) is 0.462. The molecular weight excluding hydrogens is 216 g/mol. The van der Waals surface area contributed by atoms with Crippen molar-refractivity contribution in [1.82, 2.24) is 10.6 Å². The van der Waals surface area contributed by atoms with Crippen molar-refractivity contribution in [3.05, 3.63) is 28.8 Å². The molecule has 1 heterocycles. The van der Waals surface area contributed by atoms with Crippen molar-refractivity contribution in [2.45, 2.75) is 26.3 Å². The summed E-state index contributed by atoms with van der Waals surface area (Å²) in [7, 11) is 0. The van der Waals surface area contributed by atoms with E-state index in [4.69, 9.17) is 0 Å². The number of aryl methyl sites for hydroxylation is 2. The Morgan fingerprint density at radius 2 is 2.00 bits per heavy atom. The predicted octanol–water partition coefficient (Wildman–Crippen LogP) is 1.16. The molecule has 1 aliphatic heterocycles. The lowest BCUT2D eigenvalue weighted by Gasteiger charge is -2.18. The Kier molecular flexibility index (Phi) is 3.33. The topological polar surface area (TPSA) is 61.4 Å². The van der Waals surface area contributed by atoms with E-state index in [1.54, 1.807) is 6.07 Å². The smallest absolute Gasteiger partial charge is 0.221 e. The Morgan fingerprint density at radius 3 is 2.76 bits per heavy atom. The van der Waals surface area contributed by atoms with Crippen molar-refractivity contribution >= 4 is 5.91 Å². The highest BCUT2D eigenvalue weighted by Crippen LogP contribution is 2.27. The highest BCUT2D eigenvalue weighted by Gasteiger charge is 2.20. The van der Waals surface area contributed by atoms with Crippen LogP contribution in [0.5, 0.6) is 5.75 Å². The highest BCUT2D eigenvalue weighted by atomic mass is 16.3. The van der Waals surface area contributed by atoms with E-state index in [9.17, 15) is 9.90 Å². The molecule has 4 heteroatoms. The Balaban J connectivity index is 2.32. The lowest BCUT2D eigenvalue weighted by atomic mass is 9.96. The van der Waals surface area contributed by atoms with E-state index >= 15 is 0 Å². The van der Waals surface area contributed by atoms with E-state index in [1.807, 2.05) is 19.9 Å². The van der Waals surface area contributed by atoms with Gasteiger partial charge in [-0.3, -0.25) is 4.79 Å². The molecule has 1 saturated heterocycles. The van der Waals surface area contributed by atoms with Crippen LogP contribution in [0.1, 0.15) is 29.2 Å². The average molecular weight is 234 g/mol. The summed E-state index contributed by atoms with van der Waals surface area (Å²) in [6.45, 7) is 5.27. The van der Waals surface area contributed by atoms with Crippen molar-refractivity contribution in [1.29, 1.82) is 0 Å². The zero-order valence-corrected chi connectivity index (χ0v) is 10.2. The third-order valence-corrected chi connectivity index (χ3v) is 3.19. The second-order valence-corrected chi connectivity index (χ2v) is 4.56. The number of carbonyl (C=O) groups is 1. The van der Waals surface area contributed by atoms with E-state index in [0.29, 0.717) is 18.7 Å². The maximum absolute atomic E-state index is 11.5. The molecule has 0 radical (unpaired) electrons. The first-order valence-corrected chi connectivity index (χ1v) is 5.88. The molecule has 1 unspecified atom stereocenters. The van der Waals surface area contributed by atoms with Crippen LogP contribution in [0.15, 0.2) is 12.1 Å². The summed E-state index contributed by atoms with van der Waals surface area (Å²) >= 11 is 0. The minimum Gasteiger partial charge on any atom is -0.508 e. The number of amides is 1.